The third-order valence-corrected chi connectivity index (χ3v) is 3.12. The molecule has 0 bridgehead atoms. The van der Waals surface area contributed by atoms with Crippen LogP contribution >= 0.6 is 15.9 Å². The zero-order valence-corrected chi connectivity index (χ0v) is 11.5. The fraction of sp³-hybridized carbons (Fsp3) is 0.182. The van der Waals surface area contributed by atoms with E-state index in [-0.39, 0.29) is 5.84 Å². The van der Waals surface area contributed by atoms with Gasteiger partial charge in [-0.3, -0.25) is 0 Å². The van der Waals surface area contributed by atoms with E-state index in [9.17, 15) is 0 Å². The minimum atomic E-state index is 0.0185. The molecule has 7 heteroatoms. The Morgan fingerprint density at radius 2 is 2.17 bits per heavy atom. The van der Waals surface area contributed by atoms with Crippen LogP contribution in [0.2, 0.25) is 0 Å². The molecule has 1 aromatic heterocycles. The molecule has 0 saturated heterocycles. The third-order valence-electron chi connectivity index (χ3n) is 2.46. The van der Waals surface area contributed by atoms with Crippen LogP contribution in [0.5, 0.6) is 0 Å². The van der Waals surface area contributed by atoms with Crippen LogP contribution in [0.15, 0.2) is 27.8 Å². The lowest BCUT2D eigenvalue weighted by atomic mass is 10.1. The van der Waals surface area contributed by atoms with Crippen LogP contribution in [0.1, 0.15) is 17.2 Å². The van der Waals surface area contributed by atoms with Crippen molar-refractivity contribution in [1.82, 2.24) is 14.8 Å². The molecule has 0 amide bonds. The first-order valence-electron chi connectivity index (χ1n) is 5.21. The molecule has 0 spiro atoms. The molecule has 0 unspecified atom stereocenters. The van der Waals surface area contributed by atoms with Gasteiger partial charge in [0, 0.05) is 4.47 Å². The molecule has 0 fully saturated rings. The highest BCUT2D eigenvalue weighted by molar-refractivity contribution is 9.10. The topological polar surface area (TPSA) is 89.3 Å². The fourth-order valence-electron chi connectivity index (χ4n) is 1.74. The Kier molecular flexibility index (Phi) is 3.33. The lowest BCUT2D eigenvalue weighted by molar-refractivity contribution is 0.318. The summed E-state index contributed by atoms with van der Waals surface area (Å²) < 4.78 is 2.39. The maximum absolute atomic E-state index is 8.86. The Morgan fingerprint density at radius 1 is 1.44 bits per heavy atom. The van der Waals surface area contributed by atoms with E-state index in [1.54, 1.807) is 4.68 Å². The van der Waals surface area contributed by atoms with Crippen LogP contribution in [-0.2, 0) is 0 Å². The van der Waals surface area contributed by atoms with Crippen molar-refractivity contribution < 1.29 is 5.21 Å². The summed E-state index contributed by atoms with van der Waals surface area (Å²) in [7, 11) is 0. The second-order valence-electron chi connectivity index (χ2n) is 3.74. The number of aromatic nitrogens is 3. The molecule has 18 heavy (non-hydrogen) atoms. The van der Waals surface area contributed by atoms with Gasteiger partial charge in [-0.1, -0.05) is 11.2 Å². The maximum atomic E-state index is 8.86. The van der Waals surface area contributed by atoms with Gasteiger partial charge in [-0.15, -0.1) is 0 Å². The van der Waals surface area contributed by atoms with Crippen LogP contribution < -0.4 is 5.73 Å². The Morgan fingerprint density at radius 3 is 2.72 bits per heavy atom. The second kappa shape index (κ2) is 4.77. The van der Waals surface area contributed by atoms with E-state index >= 15 is 0 Å². The maximum Gasteiger partial charge on any atom is 0.173 e. The number of oxime groups is 1. The lowest BCUT2D eigenvalue weighted by Gasteiger charge is -2.10. The molecular formula is C11H12BrN5O. The van der Waals surface area contributed by atoms with Crippen LogP contribution in [0, 0.1) is 13.8 Å². The number of hydrogen-bond acceptors (Lipinski definition) is 4. The summed E-state index contributed by atoms with van der Waals surface area (Å²) in [5.41, 5.74) is 6.98. The Bertz CT molecular complexity index is 620. The average molecular weight is 310 g/mol. The minimum absolute atomic E-state index is 0.0185. The summed E-state index contributed by atoms with van der Waals surface area (Å²) in [6.45, 7) is 3.65. The SMILES string of the molecule is Cc1nc(C)n(-c2cccc(Br)c2/C(N)=N/O)n1. The van der Waals surface area contributed by atoms with Gasteiger partial charge in [0.15, 0.2) is 5.84 Å². The molecule has 3 N–H and O–H groups in total. The molecule has 1 heterocycles. The van der Waals surface area contributed by atoms with E-state index in [1.807, 2.05) is 32.0 Å². The number of rotatable bonds is 2. The molecular weight excluding hydrogens is 298 g/mol. The van der Waals surface area contributed by atoms with Crippen molar-refractivity contribution in [3.63, 3.8) is 0 Å². The van der Waals surface area contributed by atoms with Gasteiger partial charge in [-0.05, 0) is 41.9 Å². The lowest BCUT2D eigenvalue weighted by Crippen LogP contribution is -2.18. The predicted octanol–water partition coefficient (Wildman–Crippen LogP) is 1.74. The number of amidine groups is 1. The Hall–Kier alpha value is -1.89. The summed E-state index contributed by atoms with van der Waals surface area (Å²) in [5, 5.41) is 16.2. The molecule has 0 aliphatic heterocycles. The van der Waals surface area contributed by atoms with E-state index in [4.69, 9.17) is 10.9 Å². The molecule has 0 aliphatic rings. The van der Waals surface area contributed by atoms with Crippen LogP contribution in [-0.4, -0.2) is 25.8 Å². The van der Waals surface area contributed by atoms with Crippen molar-refractivity contribution in [2.75, 3.05) is 0 Å². The number of nitrogens with zero attached hydrogens (tertiary/aromatic N) is 4. The molecule has 0 saturated carbocycles. The number of nitrogens with two attached hydrogens (primary N) is 1. The van der Waals surface area contributed by atoms with Crippen molar-refractivity contribution in [2.24, 2.45) is 10.9 Å². The Labute approximate surface area is 112 Å². The zero-order chi connectivity index (χ0) is 13.3. The van der Waals surface area contributed by atoms with Gasteiger partial charge in [0.2, 0.25) is 0 Å². The minimum Gasteiger partial charge on any atom is -0.409 e. The molecule has 1 aromatic carbocycles. The molecule has 6 nitrogen and oxygen atoms in total. The van der Waals surface area contributed by atoms with E-state index < -0.39 is 0 Å². The summed E-state index contributed by atoms with van der Waals surface area (Å²) in [4.78, 5) is 4.24. The largest absolute Gasteiger partial charge is 0.409 e. The van der Waals surface area contributed by atoms with Crippen molar-refractivity contribution in [3.05, 3.63) is 39.9 Å². The predicted molar refractivity (Wildman–Crippen MR) is 71.0 cm³/mol. The summed E-state index contributed by atoms with van der Waals surface area (Å²) in [6, 6.07) is 5.50. The first-order valence-corrected chi connectivity index (χ1v) is 6.01. The standard InChI is InChI=1S/C11H12BrN5O/c1-6-14-7(2)17(15-6)9-5-3-4-8(12)10(9)11(13)16-18/h3-5,18H,1-2H3,(H2,13,16). The average Bonchev–Trinajstić information content (AvgIpc) is 2.67. The van der Waals surface area contributed by atoms with Crippen LogP contribution in [0.3, 0.4) is 0 Å². The van der Waals surface area contributed by atoms with E-state index in [0.717, 1.165) is 10.3 Å². The normalized spacial score (nSPS) is 11.8. The van der Waals surface area contributed by atoms with Gasteiger partial charge < -0.3 is 10.9 Å². The van der Waals surface area contributed by atoms with Crippen molar-refractivity contribution >= 4 is 21.8 Å². The number of aryl methyl sites for hydroxylation is 2. The summed E-state index contributed by atoms with van der Waals surface area (Å²) in [5.74, 6) is 1.42. The van der Waals surface area contributed by atoms with Crippen molar-refractivity contribution in [3.8, 4) is 5.69 Å². The third kappa shape index (κ3) is 2.08. The molecule has 2 aromatic rings. The van der Waals surface area contributed by atoms with E-state index in [2.05, 4.69) is 31.2 Å². The van der Waals surface area contributed by atoms with Gasteiger partial charge in [0.25, 0.3) is 0 Å². The molecule has 0 atom stereocenters. The fourth-order valence-corrected chi connectivity index (χ4v) is 2.30. The van der Waals surface area contributed by atoms with Gasteiger partial charge in [-0.25, -0.2) is 9.67 Å². The highest BCUT2D eigenvalue weighted by atomic mass is 79.9. The molecule has 94 valence electrons. The highest BCUT2D eigenvalue weighted by Crippen LogP contribution is 2.24. The van der Waals surface area contributed by atoms with E-state index in [0.29, 0.717) is 17.1 Å². The molecule has 0 aliphatic carbocycles. The second-order valence-corrected chi connectivity index (χ2v) is 4.59. The number of halogens is 1. The van der Waals surface area contributed by atoms with E-state index in [1.165, 1.54) is 0 Å². The smallest absolute Gasteiger partial charge is 0.173 e. The number of benzene rings is 1. The molecule has 2 rings (SSSR count). The van der Waals surface area contributed by atoms with Gasteiger partial charge in [0.05, 0.1) is 11.3 Å². The first kappa shape index (κ1) is 12.6. The number of hydrogen-bond donors (Lipinski definition) is 2. The van der Waals surface area contributed by atoms with Gasteiger partial charge in [-0.2, -0.15) is 5.10 Å². The quantitative estimate of drug-likeness (QED) is 0.383. The summed E-state index contributed by atoms with van der Waals surface area (Å²) in [6.07, 6.45) is 0. The van der Waals surface area contributed by atoms with Crippen LogP contribution in [0.4, 0.5) is 0 Å². The van der Waals surface area contributed by atoms with Crippen molar-refractivity contribution in [1.29, 1.82) is 0 Å². The highest BCUT2D eigenvalue weighted by Gasteiger charge is 2.15. The van der Waals surface area contributed by atoms with Gasteiger partial charge >= 0.3 is 0 Å². The van der Waals surface area contributed by atoms with Gasteiger partial charge in [0.1, 0.15) is 11.6 Å². The zero-order valence-electron chi connectivity index (χ0n) is 9.92. The summed E-state index contributed by atoms with van der Waals surface area (Å²) >= 11 is 3.38. The van der Waals surface area contributed by atoms with Crippen LogP contribution in [0.25, 0.3) is 5.69 Å². The first-order chi connectivity index (χ1) is 8.54. The molecule has 0 radical (unpaired) electrons. The monoisotopic (exact) mass is 309 g/mol. The van der Waals surface area contributed by atoms with Crippen molar-refractivity contribution in [2.45, 2.75) is 13.8 Å². The Balaban J connectivity index is 2.72.